The second kappa shape index (κ2) is 7.17. The zero-order valence-corrected chi connectivity index (χ0v) is 14.3. The lowest BCUT2D eigenvalue weighted by Gasteiger charge is -2.18. The maximum Gasteiger partial charge on any atom is 0.417 e. The molecule has 0 aliphatic heterocycles. The quantitative estimate of drug-likeness (QED) is 0.687. The van der Waals surface area contributed by atoms with Crippen LogP contribution in [0.3, 0.4) is 0 Å². The van der Waals surface area contributed by atoms with E-state index >= 15 is 0 Å². The van der Waals surface area contributed by atoms with Crippen molar-refractivity contribution in [2.24, 2.45) is 0 Å². The maximum absolute atomic E-state index is 13.0. The van der Waals surface area contributed by atoms with Crippen LogP contribution in [0, 0.1) is 0 Å². The molecule has 2 aromatic carbocycles. The molecule has 0 aliphatic rings. The summed E-state index contributed by atoms with van der Waals surface area (Å²) in [5.74, 6) is 0.555. The number of hydrogen-bond donors (Lipinski definition) is 1. The fourth-order valence-corrected chi connectivity index (χ4v) is 2.47. The summed E-state index contributed by atoms with van der Waals surface area (Å²) in [6, 6.07) is 12.9. The summed E-state index contributed by atoms with van der Waals surface area (Å²) in [6.45, 7) is 0. The molecule has 3 aromatic rings. The molecule has 0 amide bonds. The van der Waals surface area contributed by atoms with Crippen LogP contribution in [0.15, 0.2) is 54.7 Å². The summed E-state index contributed by atoms with van der Waals surface area (Å²) in [7, 11) is 1.80. The van der Waals surface area contributed by atoms with E-state index in [4.69, 9.17) is 11.6 Å². The van der Waals surface area contributed by atoms with Crippen LogP contribution in [0.5, 0.6) is 0 Å². The van der Waals surface area contributed by atoms with Gasteiger partial charge in [-0.15, -0.1) is 5.10 Å². The van der Waals surface area contributed by atoms with Gasteiger partial charge in [-0.2, -0.15) is 23.3 Å². The number of halogens is 4. The van der Waals surface area contributed by atoms with Crippen LogP contribution in [-0.2, 0) is 6.18 Å². The standard InChI is InChI=1S/C17H13ClF3N5/c1-26(12-5-3-2-4-6-12)15-10-22-25-16(24-15)23-11-7-8-14(18)13(9-11)17(19,20)21/h2-10H,1H3,(H,23,24,25). The van der Waals surface area contributed by atoms with E-state index in [2.05, 4.69) is 20.5 Å². The van der Waals surface area contributed by atoms with Crippen molar-refractivity contribution in [3.8, 4) is 0 Å². The van der Waals surface area contributed by atoms with Gasteiger partial charge >= 0.3 is 6.18 Å². The first-order valence-electron chi connectivity index (χ1n) is 7.47. The summed E-state index contributed by atoms with van der Waals surface area (Å²) in [6.07, 6.45) is -3.09. The van der Waals surface area contributed by atoms with Crippen molar-refractivity contribution >= 4 is 34.7 Å². The van der Waals surface area contributed by atoms with E-state index in [1.165, 1.54) is 18.3 Å². The minimum atomic E-state index is -4.55. The Bertz CT molecular complexity index is 902. The smallest absolute Gasteiger partial charge is 0.328 e. The first kappa shape index (κ1) is 17.9. The summed E-state index contributed by atoms with van der Waals surface area (Å²) in [4.78, 5) is 6.07. The Balaban J connectivity index is 1.86. The van der Waals surface area contributed by atoms with Gasteiger partial charge in [0, 0.05) is 18.4 Å². The van der Waals surface area contributed by atoms with Crippen LogP contribution >= 0.6 is 11.6 Å². The van der Waals surface area contributed by atoms with Crippen molar-refractivity contribution in [2.45, 2.75) is 6.18 Å². The second-order valence-electron chi connectivity index (χ2n) is 5.35. The highest BCUT2D eigenvalue weighted by molar-refractivity contribution is 6.31. The Morgan fingerprint density at radius 2 is 1.81 bits per heavy atom. The molecule has 134 valence electrons. The third-order valence-corrected chi connectivity index (χ3v) is 3.89. The van der Waals surface area contributed by atoms with Crippen LogP contribution in [0.2, 0.25) is 5.02 Å². The lowest BCUT2D eigenvalue weighted by atomic mass is 10.2. The van der Waals surface area contributed by atoms with Crippen LogP contribution in [0.4, 0.5) is 36.3 Å². The third-order valence-electron chi connectivity index (χ3n) is 3.56. The van der Waals surface area contributed by atoms with E-state index in [-0.39, 0.29) is 16.7 Å². The van der Waals surface area contributed by atoms with E-state index in [1.54, 1.807) is 11.9 Å². The summed E-state index contributed by atoms with van der Waals surface area (Å²) in [5, 5.41) is 10.0. The zero-order valence-electron chi connectivity index (χ0n) is 13.5. The third kappa shape index (κ3) is 4.02. The number of alkyl halides is 3. The lowest BCUT2D eigenvalue weighted by Crippen LogP contribution is -2.13. The lowest BCUT2D eigenvalue weighted by molar-refractivity contribution is -0.137. The average Bonchev–Trinajstić information content (AvgIpc) is 2.63. The molecule has 0 spiro atoms. The minimum Gasteiger partial charge on any atom is -0.328 e. The number of rotatable bonds is 4. The van der Waals surface area contributed by atoms with Crippen LogP contribution in [-0.4, -0.2) is 22.2 Å². The maximum atomic E-state index is 13.0. The number of anilines is 4. The highest BCUT2D eigenvalue weighted by Gasteiger charge is 2.33. The molecule has 1 heterocycles. The topological polar surface area (TPSA) is 53.9 Å². The van der Waals surface area contributed by atoms with Crippen LogP contribution in [0.1, 0.15) is 5.56 Å². The number of hydrogen-bond acceptors (Lipinski definition) is 5. The summed E-state index contributed by atoms with van der Waals surface area (Å²) >= 11 is 5.62. The molecule has 0 saturated carbocycles. The van der Waals surface area contributed by atoms with Gasteiger partial charge in [-0.05, 0) is 30.3 Å². The first-order chi connectivity index (χ1) is 12.3. The van der Waals surface area contributed by atoms with Gasteiger partial charge in [0.15, 0.2) is 5.82 Å². The molecule has 0 fully saturated rings. The molecule has 0 bridgehead atoms. The molecular formula is C17H13ClF3N5. The predicted octanol–water partition coefficient (Wildman–Crippen LogP) is 5.06. The van der Waals surface area contributed by atoms with Gasteiger partial charge < -0.3 is 10.2 Å². The Morgan fingerprint density at radius 1 is 1.08 bits per heavy atom. The molecule has 5 nitrogen and oxygen atoms in total. The van der Waals surface area contributed by atoms with E-state index in [9.17, 15) is 13.2 Å². The largest absolute Gasteiger partial charge is 0.417 e. The van der Waals surface area contributed by atoms with Crippen molar-refractivity contribution in [2.75, 3.05) is 17.3 Å². The van der Waals surface area contributed by atoms with Gasteiger partial charge in [0.1, 0.15) is 0 Å². The van der Waals surface area contributed by atoms with Crippen molar-refractivity contribution < 1.29 is 13.2 Å². The Kier molecular flexibility index (Phi) is 4.94. The van der Waals surface area contributed by atoms with Gasteiger partial charge in [0.05, 0.1) is 16.8 Å². The average molecular weight is 380 g/mol. The first-order valence-corrected chi connectivity index (χ1v) is 7.84. The van der Waals surface area contributed by atoms with E-state index < -0.39 is 11.7 Å². The fraction of sp³-hybridized carbons (Fsp3) is 0.118. The SMILES string of the molecule is CN(c1ccccc1)c1cnnc(Nc2ccc(Cl)c(C(F)(F)F)c2)n1. The molecule has 0 aliphatic carbocycles. The normalized spacial score (nSPS) is 11.3. The highest BCUT2D eigenvalue weighted by atomic mass is 35.5. The Labute approximate surface area is 152 Å². The van der Waals surface area contributed by atoms with Crippen LogP contribution < -0.4 is 10.2 Å². The van der Waals surface area contributed by atoms with Crippen LogP contribution in [0.25, 0.3) is 0 Å². The summed E-state index contributed by atoms with van der Waals surface area (Å²) in [5.41, 5.74) is 0.0996. The number of benzene rings is 2. The van der Waals surface area contributed by atoms with Gasteiger partial charge in [0.2, 0.25) is 5.95 Å². The second-order valence-corrected chi connectivity index (χ2v) is 5.76. The minimum absolute atomic E-state index is 0.0701. The fourth-order valence-electron chi connectivity index (χ4n) is 2.24. The molecule has 26 heavy (non-hydrogen) atoms. The molecule has 9 heteroatoms. The molecule has 1 N–H and O–H groups in total. The Morgan fingerprint density at radius 3 is 2.50 bits per heavy atom. The Hall–Kier alpha value is -2.87. The van der Waals surface area contributed by atoms with Gasteiger partial charge in [-0.1, -0.05) is 29.8 Å². The molecule has 0 atom stereocenters. The molecule has 0 saturated heterocycles. The van der Waals surface area contributed by atoms with E-state index in [0.717, 1.165) is 11.8 Å². The highest BCUT2D eigenvalue weighted by Crippen LogP contribution is 2.36. The molecule has 3 rings (SSSR count). The predicted molar refractivity (Wildman–Crippen MR) is 94.1 cm³/mol. The van der Waals surface area contributed by atoms with Crippen molar-refractivity contribution in [1.29, 1.82) is 0 Å². The van der Waals surface area contributed by atoms with Crippen molar-refractivity contribution in [1.82, 2.24) is 15.2 Å². The molecule has 1 aromatic heterocycles. The molecule has 0 unspecified atom stereocenters. The summed E-state index contributed by atoms with van der Waals surface area (Å²) < 4.78 is 38.9. The van der Waals surface area contributed by atoms with Crippen molar-refractivity contribution in [3.05, 3.63) is 65.3 Å². The van der Waals surface area contributed by atoms with Gasteiger partial charge in [0.25, 0.3) is 0 Å². The number of para-hydroxylation sites is 1. The van der Waals surface area contributed by atoms with Crippen molar-refractivity contribution in [3.63, 3.8) is 0 Å². The van der Waals surface area contributed by atoms with Gasteiger partial charge in [-0.25, -0.2) is 0 Å². The number of aromatic nitrogens is 3. The monoisotopic (exact) mass is 379 g/mol. The molecule has 0 radical (unpaired) electrons. The number of nitrogens with zero attached hydrogens (tertiary/aromatic N) is 4. The zero-order chi connectivity index (χ0) is 18.7. The molecular weight excluding hydrogens is 367 g/mol. The van der Waals surface area contributed by atoms with Gasteiger partial charge in [-0.3, -0.25) is 0 Å². The van der Waals surface area contributed by atoms with E-state index in [1.807, 2.05) is 30.3 Å². The van der Waals surface area contributed by atoms with E-state index in [0.29, 0.717) is 5.82 Å². The number of nitrogens with one attached hydrogen (secondary N) is 1.